The summed E-state index contributed by atoms with van der Waals surface area (Å²) in [5, 5.41) is -0.162. The molecule has 0 aliphatic heterocycles. The van der Waals surface area contributed by atoms with Gasteiger partial charge in [0.1, 0.15) is 0 Å². The molecule has 0 spiro atoms. The highest BCUT2D eigenvalue weighted by molar-refractivity contribution is 7.12. The Morgan fingerprint density at radius 3 is 2.26 bits per heavy atom. The molecule has 1 aromatic heterocycles. The first-order chi connectivity index (χ1) is 9.06. The van der Waals surface area contributed by atoms with Crippen molar-refractivity contribution in [3.8, 4) is 11.5 Å². The number of thiophene rings is 1. The van der Waals surface area contributed by atoms with Crippen LogP contribution in [0.25, 0.3) is 0 Å². The first kappa shape index (κ1) is 14.2. The molecule has 0 radical (unpaired) electrons. The van der Waals surface area contributed by atoms with Crippen molar-refractivity contribution in [1.82, 2.24) is 0 Å². The highest BCUT2D eigenvalue weighted by Crippen LogP contribution is 2.38. The fourth-order valence-corrected chi connectivity index (χ4v) is 3.48. The summed E-state index contributed by atoms with van der Waals surface area (Å²) in [4.78, 5) is 2.53. The molecule has 0 bridgehead atoms. The molecule has 0 aliphatic carbocycles. The third-order valence-electron chi connectivity index (χ3n) is 3.05. The van der Waals surface area contributed by atoms with Gasteiger partial charge >= 0.3 is 0 Å². The Balaban J connectivity index is 2.39. The number of rotatable bonds is 4. The molecule has 0 saturated heterocycles. The molecule has 2 aromatic rings. The second kappa shape index (κ2) is 5.85. The summed E-state index contributed by atoms with van der Waals surface area (Å²) in [6.07, 6.45) is 0. The van der Waals surface area contributed by atoms with E-state index in [4.69, 9.17) is 21.1 Å². The van der Waals surface area contributed by atoms with Crippen LogP contribution < -0.4 is 9.47 Å². The molecule has 0 saturated carbocycles. The topological polar surface area (TPSA) is 18.5 Å². The minimum absolute atomic E-state index is 0.162. The fourth-order valence-electron chi connectivity index (χ4n) is 2.09. The highest BCUT2D eigenvalue weighted by Gasteiger charge is 2.17. The first-order valence-corrected chi connectivity index (χ1v) is 7.25. The molecular weight excluding hydrogens is 280 g/mol. The maximum atomic E-state index is 6.58. The minimum atomic E-state index is -0.162. The third-order valence-corrected chi connectivity index (χ3v) is 4.52. The van der Waals surface area contributed by atoms with Crippen molar-refractivity contribution in [2.75, 3.05) is 14.2 Å². The van der Waals surface area contributed by atoms with Crippen LogP contribution in [0, 0.1) is 13.8 Å². The predicted octanol–water partition coefficient (Wildman–Crippen LogP) is 4.71. The summed E-state index contributed by atoms with van der Waals surface area (Å²) in [6.45, 7) is 4.20. The number of methoxy groups -OCH3 is 2. The smallest absolute Gasteiger partial charge is 0.161 e. The Morgan fingerprint density at radius 1 is 1.05 bits per heavy atom. The number of aryl methyl sites for hydroxylation is 2. The second-order valence-electron chi connectivity index (χ2n) is 4.35. The predicted molar refractivity (Wildman–Crippen MR) is 81.0 cm³/mol. The molecule has 0 aliphatic rings. The van der Waals surface area contributed by atoms with Crippen molar-refractivity contribution in [1.29, 1.82) is 0 Å². The Kier molecular flexibility index (Phi) is 4.38. The molecule has 0 fully saturated rings. The number of alkyl halides is 1. The van der Waals surface area contributed by atoms with Gasteiger partial charge in [-0.3, -0.25) is 0 Å². The Hall–Kier alpha value is -1.19. The highest BCUT2D eigenvalue weighted by atomic mass is 35.5. The maximum absolute atomic E-state index is 6.58. The van der Waals surface area contributed by atoms with Crippen molar-refractivity contribution >= 4 is 22.9 Å². The maximum Gasteiger partial charge on any atom is 0.161 e. The molecular formula is C15H17ClO2S. The van der Waals surface area contributed by atoms with Crippen molar-refractivity contribution < 1.29 is 9.47 Å². The van der Waals surface area contributed by atoms with Crippen molar-refractivity contribution in [3.05, 3.63) is 45.1 Å². The summed E-state index contributed by atoms with van der Waals surface area (Å²) >= 11 is 8.35. The summed E-state index contributed by atoms with van der Waals surface area (Å²) in [5.74, 6) is 1.42. The quantitative estimate of drug-likeness (QED) is 0.761. The van der Waals surface area contributed by atoms with Gasteiger partial charge in [-0.25, -0.2) is 0 Å². The number of hydrogen-bond acceptors (Lipinski definition) is 3. The number of benzene rings is 1. The van der Waals surface area contributed by atoms with E-state index in [-0.39, 0.29) is 5.38 Å². The lowest BCUT2D eigenvalue weighted by Gasteiger charge is -2.13. The summed E-state index contributed by atoms with van der Waals surface area (Å²) in [5.41, 5.74) is 2.18. The van der Waals surface area contributed by atoms with Crippen LogP contribution in [0.15, 0.2) is 24.3 Å². The van der Waals surface area contributed by atoms with Gasteiger partial charge in [-0.1, -0.05) is 6.07 Å². The van der Waals surface area contributed by atoms with E-state index in [1.165, 1.54) is 9.75 Å². The summed E-state index contributed by atoms with van der Waals surface area (Å²) in [7, 11) is 3.26. The van der Waals surface area contributed by atoms with Gasteiger partial charge in [0.2, 0.25) is 0 Å². The molecule has 0 amide bonds. The van der Waals surface area contributed by atoms with Crippen molar-refractivity contribution in [2.45, 2.75) is 19.2 Å². The molecule has 0 N–H and O–H groups in total. The Labute approximate surface area is 122 Å². The molecule has 19 heavy (non-hydrogen) atoms. The number of halogens is 1. The zero-order valence-electron chi connectivity index (χ0n) is 11.5. The monoisotopic (exact) mass is 296 g/mol. The van der Waals surface area contributed by atoms with Gasteiger partial charge in [-0.05, 0) is 43.2 Å². The van der Waals surface area contributed by atoms with Crippen molar-refractivity contribution in [2.24, 2.45) is 0 Å². The van der Waals surface area contributed by atoms with Gasteiger partial charge in [0.25, 0.3) is 0 Å². The van der Waals surface area contributed by atoms with Crippen LogP contribution in [-0.2, 0) is 0 Å². The van der Waals surface area contributed by atoms with E-state index >= 15 is 0 Å². The molecule has 1 unspecified atom stereocenters. The average molecular weight is 297 g/mol. The average Bonchev–Trinajstić information content (AvgIpc) is 2.76. The molecule has 1 heterocycles. The van der Waals surface area contributed by atoms with E-state index in [2.05, 4.69) is 19.9 Å². The van der Waals surface area contributed by atoms with Gasteiger partial charge in [-0.15, -0.1) is 22.9 Å². The largest absolute Gasteiger partial charge is 0.493 e. The molecule has 1 aromatic carbocycles. The van der Waals surface area contributed by atoms with E-state index in [9.17, 15) is 0 Å². The second-order valence-corrected chi connectivity index (χ2v) is 6.24. The molecule has 4 heteroatoms. The van der Waals surface area contributed by atoms with Crippen LogP contribution in [0.3, 0.4) is 0 Å². The normalized spacial score (nSPS) is 12.3. The zero-order chi connectivity index (χ0) is 14.0. The van der Waals surface area contributed by atoms with Gasteiger partial charge in [0, 0.05) is 9.75 Å². The van der Waals surface area contributed by atoms with Gasteiger partial charge in [0.15, 0.2) is 11.5 Å². The van der Waals surface area contributed by atoms with Crippen molar-refractivity contribution in [3.63, 3.8) is 0 Å². The molecule has 2 nitrogen and oxygen atoms in total. The van der Waals surface area contributed by atoms with E-state index in [1.807, 2.05) is 18.2 Å². The van der Waals surface area contributed by atoms with Crippen LogP contribution in [0.4, 0.5) is 0 Å². The van der Waals surface area contributed by atoms with E-state index in [1.54, 1.807) is 25.6 Å². The summed E-state index contributed by atoms with van der Waals surface area (Å²) in [6, 6.07) is 7.95. The third kappa shape index (κ3) is 2.88. The van der Waals surface area contributed by atoms with Crippen LogP contribution in [0.1, 0.15) is 26.3 Å². The van der Waals surface area contributed by atoms with Crippen LogP contribution in [-0.4, -0.2) is 14.2 Å². The minimum Gasteiger partial charge on any atom is -0.493 e. The first-order valence-electron chi connectivity index (χ1n) is 5.99. The zero-order valence-corrected chi connectivity index (χ0v) is 13.1. The van der Waals surface area contributed by atoms with E-state index in [0.717, 1.165) is 11.1 Å². The lowest BCUT2D eigenvalue weighted by Crippen LogP contribution is -1.96. The Bertz CT molecular complexity index is 578. The lowest BCUT2D eigenvalue weighted by molar-refractivity contribution is 0.354. The number of ether oxygens (including phenoxy) is 2. The fraction of sp³-hybridized carbons (Fsp3) is 0.333. The molecule has 102 valence electrons. The molecule has 1 atom stereocenters. The Morgan fingerprint density at radius 2 is 1.74 bits per heavy atom. The van der Waals surface area contributed by atoms with E-state index in [0.29, 0.717) is 11.5 Å². The number of hydrogen-bond donors (Lipinski definition) is 0. The SMILES string of the molecule is COc1ccc(C(Cl)c2cc(C)sc2C)cc1OC. The van der Waals surface area contributed by atoms with Gasteiger partial charge in [0.05, 0.1) is 19.6 Å². The van der Waals surface area contributed by atoms with Crippen LogP contribution in [0.2, 0.25) is 0 Å². The summed E-state index contributed by atoms with van der Waals surface area (Å²) < 4.78 is 10.6. The molecule has 2 rings (SSSR count). The van der Waals surface area contributed by atoms with E-state index < -0.39 is 0 Å². The lowest BCUT2D eigenvalue weighted by atomic mass is 10.0. The van der Waals surface area contributed by atoms with Crippen LogP contribution in [0.5, 0.6) is 11.5 Å². The van der Waals surface area contributed by atoms with Gasteiger partial charge in [-0.2, -0.15) is 0 Å². The standard InChI is InChI=1S/C15H17ClO2S/c1-9-7-12(10(2)19-9)15(16)11-5-6-13(17-3)14(8-11)18-4/h5-8,15H,1-4H3. The van der Waals surface area contributed by atoms with Crippen LogP contribution >= 0.6 is 22.9 Å². The van der Waals surface area contributed by atoms with Gasteiger partial charge < -0.3 is 9.47 Å².